The van der Waals surface area contributed by atoms with Gasteiger partial charge >= 0.3 is 0 Å². The number of nitrogens with zero attached hydrogens (tertiary/aromatic N) is 4. The maximum atomic E-state index is 13.3. The summed E-state index contributed by atoms with van der Waals surface area (Å²) < 4.78 is 26.4. The summed E-state index contributed by atoms with van der Waals surface area (Å²) in [5.41, 5.74) is 1.38. The summed E-state index contributed by atoms with van der Waals surface area (Å²) in [6.45, 7) is 4.33. The first-order valence-electron chi connectivity index (χ1n) is 11.5. The van der Waals surface area contributed by atoms with Gasteiger partial charge in [0.1, 0.15) is 18.2 Å². The fourth-order valence-electron chi connectivity index (χ4n) is 4.22. The van der Waals surface area contributed by atoms with Crippen molar-refractivity contribution in [2.75, 3.05) is 44.6 Å². The molecule has 2 amide bonds. The van der Waals surface area contributed by atoms with Crippen molar-refractivity contribution in [3.63, 3.8) is 0 Å². The van der Waals surface area contributed by atoms with Crippen LogP contribution in [0.1, 0.15) is 5.69 Å². The maximum Gasteiger partial charge on any atom is 0.267 e. The fourth-order valence-corrected chi connectivity index (χ4v) is 4.22. The molecular formula is C25H26FN5O4. The second-order valence-corrected chi connectivity index (χ2v) is 8.57. The van der Waals surface area contributed by atoms with Gasteiger partial charge in [0.25, 0.3) is 5.91 Å². The number of benzene rings is 2. The highest BCUT2D eigenvalue weighted by molar-refractivity contribution is 5.91. The van der Waals surface area contributed by atoms with Gasteiger partial charge in [-0.3, -0.25) is 14.5 Å². The lowest BCUT2D eigenvalue weighted by atomic mass is 10.2. The molecule has 0 aliphatic carbocycles. The second kappa shape index (κ2) is 9.75. The minimum atomic E-state index is -0.672. The molecule has 9 nitrogen and oxygen atoms in total. The number of anilines is 1. The lowest BCUT2D eigenvalue weighted by Crippen LogP contribution is -2.55. The van der Waals surface area contributed by atoms with Crippen LogP contribution in [0, 0.1) is 12.7 Å². The molecule has 5 rings (SSSR count). The van der Waals surface area contributed by atoms with Crippen molar-refractivity contribution in [3.05, 3.63) is 66.1 Å². The molecule has 1 saturated heterocycles. The van der Waals surface area contributed by atoms with Crippen LogP contribution in [0.2, 0.25) is 0 Å². The van der Waals surface area contributed by atoms with E-state index in [1.807, 2.05) is 30.0 Å². The number of nitrogens with one attached hydrogen (secondary N) is 1. The number of carbonyl (C=O) groups is 2. The zero-order valence-electron chi connectivity index (χ0n) is 19.3. The van der Waals surface area contributed by atoms with E-state index in [4.69, 9.17) is 9.47 Å². The van der Waals surface area contributed by atoms with Crippen molar-refractivity contribution in [1.82, 2.24) is 19.6 Å². The number of halogens is 1. The third kappa shape index (κ3) is 5.12. The fraction of sp³-hybridized carbons (Fsp3) is 0.320. The molecule has 3 heterocycles. The van der Waals surface area contributed by atoms with Crippen molar-refractivity contribution in [1.29, 1.82) is 0 Å². The Morgan fingerprint density at radius 1 is 1.06 bits per heavy atom. The van der Waals surface area contributed by atoms with Crippen LogP contribution < -0.4 is 14.8 Å². The minimum absolute atomic E-state index is 0.109. The zero-order valence-corrected chi connectivity index (χ0v) is 19.3. The van der Waals surface area contributed by atoms with Crippen molar-refractivity contribution in [2.45, 2.75) is 13.0 Å². The number of aryl methyl sites for hydroxylation is 1. The van der Waals surface area contributed by atoms with Crippen LogP contribution in [0.4, 0.5) is 10.2 Å². The van der Waals surface area contributed by atoms with E-state index in [0.717, 1.165) is 5.69 Å². The molecule has 1 atom stereocenters. The first kappa shape index (κ1) is 22.9. The Morgan fingerprint density at radius 3 is 2.51 bits per heavy atom. The molecule has 0 bridgehead atoms. The van der Waals surface area contributed by atoms with E-state index in [1.165, 1.54) is 12.1 Å². The third-order valence-electron chi connectivity index (χ3n) is 6.01. The summed E-state index contributed by atoms with van der Waals surface area (Å²) in [7, 11) is 0. The van der Waals surface area contributed by atoms with Crippen molar-refractivity contribution in [3.8, 4) is 17.2 Å². The highest BCUT2D eigenvalue weighted by Crippen LogP contribution is 2.31. The van der Waals surface area contributed by atoms with E-state index in [1.54, 1.807) is 33.8 Å². The van der Waals surface area contributed by atoms with Crippen molar-refractivity contribution >= 4 is 17.6 Å². The summed E-state index contributed by atoms with van der Waals surface area (Å²) in [6.07, 6.45) is -0.672. The molecule has 1 aromatic heterocycles. The van der Waals surface area contributed by atoms with Gasteiger partial charge in [0.05, 0.1) is 17.9 Å². The van der Waals surface area contributed by atoms with E-state index in [2.05, 4.69) is 10.4 Å². The SMILES string of the molecule is Cc1cc(NC(=O)CN2CCN(C(=O)[C@@H]3COc4ccccc4O3)CC2)n(-c2ccc(F)cc2)n1. The number of carbonyl (C=O) groups excluding carboxylic acids is 2. The normalized spacial score (nSPS) is 17.8. The zero-order chi connectivity index (χ0) is 24.4. The van der Waals surface area contributed by atoms with Gasteiger partial charge in [0, 0.05) is 32.2 Å². The Labute approximate surface area is 202 Å². The molecule has 1 fully saturated rings. The molecule has 182 valence electrons. The van der Waals surface area contributed by atoms with Gasteiger partial charge in [0.2, 0.25) is 12.0 Å². The lowest BCUT2D eigenvalue weighted by Gasteiger charge is -2.36. The first-order valence-corrected chi connectivity index (χ1v) is 11.5. The molecule has 2 aromatic carbocycles. The Kier molecular flexibility index (Phi) is 6.37. The van der Waals surface area contributed by atoms with E-state index in [-0.39, 0.29) is 30.8 Å². The molecule has 0 unspecified atom stereocenters. The highest BCUT2D eigenvalue weighted by atomic mass is 19.1. The van der Waals surface area contributed by atoms with Crippen LogP contribution in [0.15, 0.2) is 54.6 Å². The highest BCUT2D eigenvalue weighted by Gasteiger charge is 2.33. The summed E-state index contributed by atoms with van der Waals surface area (Å²) >= 11 is 0. The molecule has 10 heteroatoms. The second-order valence-electron chi connectivity index (χ2n) is 8.57. The molecule has 2 aliphatic heterocycles. The first-order chi connectivity index (χ1) is 17.0. The van der Waals surface area contributed by atoms with E-state index < -0.39 is 6.10 Å². The lowest BCUT2D eigenvalue weighted by molar-refractivity contribution is -0.143. The number of para-hydroxylation sites is 2. The van der Waals surface area contributed by atoms with Gasteiger partial charge < -0.3 is 19.7 Å². The van der Waals surface area contributed by atoms with Gasteiger partial charge in [-0.25, -0.2) is 9.07 Å². The summed E-state index contributed by atoms with van der Waals surface area (Å²) in [6, 6.07) is 15.0. The number of amides is 2. The van der Waals surface area contributed by atoms with Gasteiger partial charge in [-0.2, -0.15) is 5.10 Å². The van der Waals surface area contributed by atoms with Crippen LogP contribution in [0.3, 0.4) is 0 Å². The van der Waals surface area contributed by atoms with Crippen LogP contribution >= 0.6 is 0 Å². The summed E-state index contributed by atoms with van der Waals surface area (Å²) in [5.74, 6) is 1.10. The maximum absolute atomic E-state index is 13.3. The van der Waals surface area contributed by atoms with E-state index in [9.17, 15) is 14.0 Å². The average molecular weight is 480 g/mol. The van der Waals surface area contributed by atoms with Gasteiger partial charge in [0.15, 0.2) is 11.5 Å². The largest absolute Gasteiger partial charge is 0.485 e. The van der Waals surface area contributed by atoms with Gasteiger partial charge in [-0.1, -0.05) is 12.1 Å². The Balaban J connectivity index is 1.13. The minimum Gasteiger partial charge on any atom is -0.485 e. The predicted octanol–water partition coefficient (Wildman–Crippen LogP) is 2.24. The molecule has 1 N–H and O–H groups in total. The van der Waals surface area contributed by atoms with Crippen molar-refractivity contribution < 1.29 is 23.5 Å². The number of hydrogen-bond acceptors (Lipinski definition) is 6. The van der Waals surface area contributed by atoms with E-state index in [0.29, 0.717) is 49.2 Å². The number of piperazine rings is 1. The number of fused-ring (bicyclic) bond motifs is 1. The monoisotopic (exact) mass is 479 g/mol. The standard InChI is InChI=1S/C25H26FN5O4/c1-17-14-23(31(28-17)19-8-6-18(26)7-9-19)27-24(32)15-29-10-12-30(13-11-29)25(33)22-16-34-20-4-2-3-5-21(20)35-22/h2-9,14,22H,10-13,15-16H2,1H3,(H,27,32)/t22-/m0/s1. The molecule has 0 spiro atoms. The molecule has 35 heavy (non-hydrogen) atoms. The number of aromatic nitrogens is 2. The summed E-state index contributed by atoms with van der Waals surface area (Å²) in [5, 5.41) is 7.29. The average Bonchev–Trinajstić information content (AvgIpc) is 3.23. The topological polar surface area (TPSA) is 88.9 Å². The van der Waals surface area contributed by atoms with Crippen molar-refractivity contribution in [2.24, 2.45) is 0 Å². The molecule has 2 aliphatic rings. The summed E-state index contributed by atoms with van der Waals surface area (Å²) in [4.78, 5) is 29.4. The molecule has 3 aromatic rings. The predicted molar refractivity (Wildman–Crippen MR) is 126 cm³/mol. The van der Waals surface area contributed by atoms with E-state index >= 15 is 0 Å². The smallest absolute Gasteiger partial charge is 0.267 e. The van der Waals surface area contributed by atoms with Crippen LogP contribution in [0.5, 0.6) is 11.5 Å². The van der Waals surface area contributed by atoms with Crippen LogP contribution in [-0.2, 0) is 9.59 Å². The molecule has 0 radical (unpaired) electrons. The van der Waals surface area contributed by atoms with Gasteiger partial charge in [-0.05, 0) is 43.3 Å². The Morgan fingerprint density at radius 2 is 1.77 bits per heavy atom. The van der Waals surface area contributed by atoms with Crippen LogP contribution in [-0.4, -0.2) is 76.8 Å². The molecule has 0 saturated carbocycles. The molecular weight excluding hydrogens is 453 g/mol. The number of hydrogen-bond donors (Lipinski definition) is 1. The quantitative estimate of drug-likeness (QED) is 0.604. The van der Waals surface area contributed by atoms with Gasteiger partial charge in [-0.15, -0.1) is 0 Å². The number of rotatable bonds is 5. The number of ether oxygens (including phenoxy) is 2. The Bertz CT molecular complexity index is 1220. The van der Waals surface area contributed by atoms with Crippen LogP contribution in [0.25, 0.3) is 5.69 Å². The Hall–Kier alpha value is -3.92. The third-order valence-corrected chi connectivity index (χ3v) is 6.01.